The normalized spacial score (nSPS) is 13.9. The van der Waals surface area contributed by atoms with Crippen molar-refractivity contribution in [1.82, 2.24) is 4.90 Å². The standard InChI is InChI=1S/C34H31NO4S/c36-27-12-8-26(9-13-27)34-32(30-17-14-28(37)22-31(30)40-34)33(38)25-6-4-23(5-7-25)24-10-15-29(16-11-24)39-21-20-35-18-2-1-3-19-35/h4-17,22,36-37H,1-3,18-21H2. The second-order valence-electron chi connectivity index (χ2n) is 10.2. The number of thiophene rings is 1. The minimum atomic E-state index is -0.0796. The Hall–Kier alpha value is -4.13. The van der Waals surface area contributed by atoms with Crippen LogP contribution in [0.3, 0.4) is 0 Å². The van der Waals surface area contributed by atoms with E-state index in [1.807, 2.05) is 36.4 Å². The van der Waals surface area contributed by atoms with E-state index in [0.717, 1.165) is 43.9 Å². The number of piperidine rings is 1. The zero-order valence-electron chi connectivity index (χ0n) is 22.2. The summed E-state index contributed by atoms with van der Waals surface area (Å²) >= 11 is 1.46. The number of phenolic OH excluding ortho intramolecular Hbond substituents is 2. The Morgan fingerprint density at radius 1 is 0.750 bits per heavy atom. The van der Waals surface area contributed by atoms with Crippen LogP contribution >= 0.6 is 11.3 Å². The van der Waals surface area contributed by atoms with Crippen molar-refractivity contribution in [2.24, 2.45) is 0 Å². The van der Waals surface area contributed by atoms with E-state index in [0.29, 0.717) is 17.7 Å². The van der Waals surface area contributed by atoms with Crippen molar-refractivity contribution in [3.63, 3.8) is 0 Å². The lowest BCUT2D eigenvalue weighted by molar-refractivity contribution is 0.104. The van der Waals surface area contributed by atoms with Crippen LogP contribution in [0.1, 0.15) is 35.2 Å². The van der Waals surface area contributed by atoms with E-state index in [4.69, 9.17) is 4.74 Å². The molecular formula is C34H31NO4S. The number of fused-ring (bicyclic) bond motifs is 1. The number of rotatable bonds is 8. The molecule has 2 heterocycles. The lowest BCUT2D eigenvalue weighted by Crippen LogP contribution is -2.33. The van der Waals surface area contributed by atoms with Crippen LogP contribution in [0.2, 0.25) is 0 Å². The van der Waals surface area contributed by atoms with E-state index in [1.165, 1.54) is 43.7 Å². The zero-order chi connectivity index (χ0) is 27.5. The summed E-state index contributed by atoms with van der Waals surface area (Å²) in [4.78, 5) is 17.1. The summed E-state index contributed by atoms with van der Waals surface area (Å²) in [5, 5.41) is 20.6. The van der Waals surface area contributed by atoms with E-state index in [9.17, 15) is 15.0 Å². The highest BCUT2D eigenvalue weighted by Gasteiger charge is 2.22. The molecule has 0 saturated carbocycles. The molecular weight excluding hydrogens is 518 g/mol. The molecule has 1 aliphatic heterocycles. The van der Waals surface area contributed by atoms with E-state index in [1.54, 1.807) is 42.5 Å². The Morgan fingerprint density at radius 2 is 1.38 bits per heavy atom. The van der Waals surface area contributed by atoms with E-state index < -0.39 is 0 Å². The van der Waals surface area contributed by atoms with Gasteiger partial charge in [0.2, 0.25) is 0 Å². The van der Waals surface area contributed by atoms with Gasteiger partial charge in [0.1, 0.15) is 23.9 Å². The number of likely N-dealkylation sites (tertiary alicyclic amines) is 1. The quantitative estimate of drug-likeness (QED) is 0.194. The first-order valence-corrected chi connectivity index (χ1v) is 14.5. The molecule has 6 heteroatoms. The molecule has 40 heavy (non-hydrogen) atoms. The minimum absolute atomic E-state index is 0.0796. The fraction of sp³-hybridized carbons (Fsp3) is 0.206. The van der Waals surface area contributed by atoms with Crippen LogP contribution in [-0.4, -0.2) is 47.1 Å². The summed E-state index contributed by atoms with van der Waals surface area (Å²) in [5.74, 6) is 1.12. The number of phenols is 2. The van der Waals surface area contributed by atoms with E-state index in [-0.39, 0.29) is 17.3 Å². The number of hydrogen-bond acceptors (Lipinski definition) is 6. The Bertz CT molecular complexity index is 1620. The summed E-state index contributed by atoms with van der Waals surface area (Å²) < 4.78 is 6.81. The molecule has 2 N–H and O–H groups in total. The average molecular weight is 550 g/mol. The van der Waals surface area contributed by atoms with Crippen LogP contribution in [0.4, 0.5) is 0 Å². The molecule has 6 rings (SSSR count). The van der Waals surface area contributed by atoms with Gasteiger partial charge in [-0.1, -0.05) is 42.8 Å². The lowest BCUT2D eigenvalue weighted by Gasteiger charge is -2.26. The fourth-order valence-corrected chi connectivity index (χ4v) is 6.54. The van der Waals surface area contributed by atoms with Gasteiger partial charge in [-0.2, -0.15) is 0 Å². The number of hydrogen-bond donors (Lipinski definition) is 2. The predicted octanol–water partition coefficient (Wildman–Crippen LogP) is 7.74. The molecule has 1 aromatic heterocycles. The van der Waals surface area contributed by atoms with Crippen LogP contribution in [0.5, 0.6) is 17.2 Å². The van der Waals surface area contributed by atoms with Crippen molar-refractivity contribution in [3.8, 4) is 38.8 Å². The molecule has 0 aliphatic carbocycles. The monoisotopic (exact) mass is 549 g/mol. The highest BCUT2D eigenvalue weighted by atomic mass is 32.1. The summed E-state index contributed by atoms with van der Waals surface area (Å²) in [6.07, 6.45) is 3.91. The van der Waals surface area contributed by atoms with Gasteiger partial charge in [0.05, 0.1) is 0 Å². The van der Waals surface area contributed by atoms with Crippen molar-refractivity contribution in [3.05, 3.63) is 102 Å². The van der Waals surface area contributed by atoms with Crippen LogP contribution in [0, 0.1) is 0 Å². The highest BCUT2D eigenvalue weighted by Crippen LogP contribution is 2.41. The van der Waals surface area contributed by atoms with E-state index >= 15 is 0 Å². The Labute approximate surface area is 237 Å². The topological polar surface area (TPSA) is 70.0 Å². The zero-order valence-corrected chi connectivity index (χ0v) is 23.0. The molecule has 5 aromatic rings. The Kier molecular flexibility index (Phi) is 7.53. The van der Waals surface area contributed by atoms with Crippen LogP contribution < -0.4 is 4.74 Å². The number of carbonyl (C=O) groups is 1. The molecule has 0 radical (unpaired) electrons. The van der Waals surface area contributed by atoms with Gasteiger partial charge in [0, 0.05) is 32.6 Å². The van der Waals surface area contributed by atoms with Crippen LogP contribution in [0.15, 0.2) is 91.0 Å². The fourth-order valence-electron chi connectivity index (χ4n) is 5.30. The predicted molar refractivity (Wildman–Crippen MR) is 162 cm³/mol. The van der Waals surface area contributed by atoms with Crippen molar-refractivity contribution in [2.75, 3.05) is 26.2 Å². The molecule has 0 atom stereocenters. The number of ketones is 1. The van der Waals surface area contributed by atoms with Gasteiger partial charge in [-0.05, 0) is 97.2 Å². The van der Waals surface area contributed by atoms with Gasteiger partial charge in [-0.15, -0.1) is 11.3 Å². The third-order valence-corrected chi connectivity index (χ3v) is 8.69. The van der Waals surface area contributed by atoms with E-state index in [2.05, 4.69) is 17.0 Å². The van der Waals surface area contributed by atoms with Gasteiger partial charge in [0.25, 0.3) is 0 Å². The van der Waals surface area contributed by atoms with Crippen molar-refractivity contribution in [1.29, 1.82) is 0 Å². The third-order valence-electron chi connectivity index (χ3n) is 7.49. The molecule has 0 unspecified atom stereocenters. The largest absolute Gasteiger partial charge is 0.508 e. The van der Waals surface area contributed by atoms with Crippen molar-refractivity contribution >= 4 is 27.2 Å². The highest BCUT2D eigenvalue weighted by molar-refractivity contribution is 7.22. The molecule has 0 spiro atoms. The number of aromatic hydroxyl groups is 2. The summed E-state index contributed by atoms with van der Waals surface area (Å²) in [5.41, 5.74) is 4.12. The summed E-state index contributed by atoms with van der Waals surface area (Å²) in [7, 11) is 0. The number of carbonyl (C=O) groups excluding carboxylic acids is 1. The van der Waals surface area contributed by atoms with Gasteiger partial charge >= 0.3 is 0 Å². The molecule has 0 amide bonds. The second kappa shape index (κ2) is 11.5. The minimum Gasteiger partial charge on any atom is -0.508 e. The third kappa shape index (κ3) is 5.60. The summed E-state index contributed by atoms with van der Waals surface area (Å²) in [6.45, 7) is 4.00. The van der Waals surface area contributed by atoms with Gasteiger partial charge in [-0.25, -0.2) is 0 Å². The first-order chi connectivity index (χ1) is 19.5. The molecule has 5 nitrogen and oxygen atoms in total. The van der Waals surface area contributed by atoms with Crippen molar-refractivity contribution < 1.29 is 19.7 Å². The molecule has 1 aliphatic rings. The molecule has 0 bridgehead atoms. The van der Waals surface area contributed by atoms with Gasteiger partial charge in [0.15, 0.2) is 5.78 Å². The molecule has 202 valence electrons. The van der Waals surface area contributed by atoms with Gasteiger partial charge < -0.3 is 14.9 Å². The molecule has 1 saturated heterocycles. The average Bonchev–Trinajstić information content (AvgIpc) is 3.36. The van der Waals surface area contributed by atoms with Crippen molar-refractivity contribution in [2.45, 2.75) is 19.3 Å². The smallest absolute Gasteiger partial charge is 0.195 e. The summed E-state index contributed by atoms with van der Waals surface area (Å²) in [6, 6.07) is 27.7. The Balaban J connectivity index is 1.20. The molecule has 4 aromatic carbocycles. The lowest BCUT2D eigenvalue weighted by atomic mass is 9.96. The Morgan fingerprint density at radius 3 is 2.08 bits per heavy atom. The maximum atomic E-state index is 13.8. The van der Waals surface area contributed by atoms with Crippen LogP contribution in [0.25, 0.3) is 31.7 Å². The first-order valence-electron chi connectivity index (χ1n) is 13.7. The number of nitrogens with zero attached hydrogens (tertiary/aromatic N) is 1. The maximum absolute atomic E-state index is 13.8. The maximum Gasteiger partial charge on any atom is 0.195 e. The molecule has 1 fully saturated rings. The van der Waals surface area contributed by atoms with Gasteiger partial charge in [-0.3, -0.25) is 9.69 Å². The van der Waals surface area contributed by atoms with Crippen LogP contribution in [-0.2, 0) is 0 Å². The second-order valence-corrected chi connectivity index (χ2v) is 11.3. The number of benzene rings is 4. The first kappa shape index (κ1) is 26.1. The number of ether oxygens (including phenoxy) is 1. The SMILES string of the molecule is O=C(c1ccc(-c2ccc(OCCN3CCCCC3)cc2)cc1)c1c(-c2ccc(O)cc2)sc2cc(O)ccc12.